The largest absolute Gasteiger partial charge is 0.321 e. The first kappa shape index (κ1) is 13.2. The molecule has 0 saturated heterocycles. The van der Waals surface area contributed by atoms with Crippen molar-refractivity contribution in [3.63, 3.8) is 0 Å². The maximum Gasteiger partial charge on any atom is 0.150 e. The molecule has 1 rings (SSSR count). The molecule has 88 valence electrons. The van der Waals surface area contributed by atoms with Crippen molar-refractivity contribution in [2.75, 3.05) is 0 Å². The van der Waals surface area contributed by atoms with Gasteiger partial charge in [0.15, 0.2) is 0 Å². The Kier molecular flexibility index (Phi) is 4.97. The molecule has 3 heteroatoms. The van der Waals surface area contributed by atoms with E-state index in [0.29, 0.717) is 17.9 Å². The van der Waals surface area contributed by atoms with Gasteiger partial charge in [0.25, 0.3) is 0 Å². The Bertz CT molecular complexity index is 363. The second-order valence-electron chi connectivity index (χ2n) is 4.37. The van der Waals surface area contributed by atoms with Gasteiger partial charge in [0.2, 0.25) is 0 Å². The van der Waals surface area contributed by atoms with E-state index in [1.165, 1.54) is 0 Å². The van der Waals surface area contributed by atoms with E-state index < -0.39 is 0 Å². The molecule has 2 nitrogen and oxygen atoms in total. The molecule has 0 amide bonds. The van der Waals surface area contributed by atoms with Crippen LogP contribution >= 0.6 is 11.6 Å². The lowest BCUT2D eigenvalue weighted by atomic mass is 9.96. The minimum Gasteiger partial charge on any atom is -0.321 e. The standard InChI is InChI=1S/C13H18ClNO/c1-9(2)13(15)12(16)7-6-10-4-3-5-11(14)8-10/h3-5,8-9,13H,6-7,15H2,1-2H3/t13-/m1/s1. The van der Waals surface area contributed by atoms with Crippen LogP contribution in [0.3, 0.4) is 0 Å². The Morgan fingerprint density at radius 3 is 2.69 bits per heavy atom. The molecule has 2 N–H and O–H groups in total. The second-order valence-corrected chi connectivity index (χ2v) is 4.80. The lowest BCUT2D eigenvalue weighted by Crippen LogP contribution is -2.35. The summed E-state index contributed by atoms with van der Waals surface area (Å²) in [6.45, 7) is 3.92. The van der Waals surface area contributed by atoms with Gasteiger partial charge in [0.05, 0.1) is 6.04 Å². The predicted molar refractivity (Wildman–Crippen MR) is 67.6 cm³/mol. The number of benzene rings is 1. The average Bonchev–Trinajstić information content (AvgIpc) is 2.24. The molecule has 1 aromatic carbocycles. The maximum atomic E-state index is 11.7. The molecule has 0 radical (unpaired) electrons. The van der Waals surface area contributed by atoms with Gasteiger partial charge < -0.3 is 5.73 Å². The van der Waals surface area contributed by atoms with E-state index >= 15 is 0 Å². The Labute approximate surface area is 102 Å². The SMILES string of the molecule is CC(C)[C@@H](N)C(=O)CCc1cccc(Cl)c1. The van der Waals surface area contributed by atoms with Crippen molar-refractivity contribution >= 4 is 17.4 Å². The summed E-state index contributed by atoms with van der Waals surface area (Å²) in [4.78, 5) is 11.7. The zero-order chi connectivity index (χ0) is 12.1. The third kappa shape index (κ3) is 3.95. The third-order valence-electron chi connectivity index (χ3n) is 2.64. The molecule has 0 unspecified atom stereocenters. The molecule has 0 aromatic heterocycles. The minimum absolute atomic E-state index is 0.120. The van der Waals surface area contributed by atoms with Gasteiger partial charge in [-0.3, -0.25) is 4.79 Å². The summed E-state index contributed by atoms with van der Waals surface area (Å²) >= 11 is 5.86. The van der Waals surface area contributed by atoms with Crippen LogP contribution in [0.15, 0.2) is 24.3 Å². The Hall–Kier alpha value is -0.860. The van der Waals surface area contributed by atoms with Gasteiger partial charge in [-0.25, -0.2) is 0 Å². The van der Waals surface area contributed by atoms with Crippen LogP contribution in [-0.2, 0) is 11.2 Å². The quantitative estimate of drug-likeness (QED) is 0.859. The predicted octanol–water partition coefficient (Wildman–Crippen LogP) is 2.83. The van der Waals surface area contributed by atoms with Crippen LogP contribution in [0.2, 0.25) is 5.02 Å². The number of halogens is 1. The van der Waals surface area contributed by atoms with E-state index in [1.54, 1.807) is 0 Å². The summed E-state index contributed by atoms with van der Waals surface area (Å²) in [5.74, 6) is 0.321. The van der Waals surface area contributed by atoms with Crippen LogP contribution < -0.4 is 5.73 Å². The van der Waals surface area contributed by atoms with Gasteiger partial charge in [0.1, 0.15) is 5.78 Å². The summed E-state index contributed by atoms with van der Waals surface area (Å²) in [5.41, 5.74) is 6.86. The number of nitrogens with two attached hydrogens (primary N) is 1. The van der Waals surface area contributed by atoms with E-state index in [4.69, 9.17) is 17.3 Å². The molecule has 0 bridgehead atoms. The summed E-state index contributed by atoms with van der Waals surface area (Å²) in [5, 5.41) is 0.707. The van der Waals surface area contributed by atoms with Crippen molar-refractivity contribution in [1.29, 1.82) is 0 Å². The molecule has 1 aromatic rings. The topological polar surface area (TPSA) is 43.1 Å². The molecule has 0 aliphatic rings. The molecular weight excluding hydrogens is 222 g/mol. The van der Waals surface area contributed by atoms with Gasteiger partial charge in [-0.15, -0.1) is 0 Å². The zero-order valence-electron chi connectivity index (χ0n) is 9.74. The van der Waals surface area contributed by atoms with Crippen LogP contribution in [0.4, 0.5) is 0 Å². The number of carbonyl (C=O) groups excluding carboxylic acids is 1. The van der Waals surface area contributed by atoms with Crippen LogP contribution in [0, 0.1) is 5.92 Å². The normalized spacial score (nSPS) is 12.8. The number of ketones is 1. The number of carbonyl (C=O) groups is 1. The summed E-state index contributed by atoms with van der Waals surface area (Å²) < 4.78 is 0. The van der Waals surface area contributed by atoms with Crippen molar-refractivity contribution < 1.29 is 4.79 Å². The number of Topliss-reactive ketones (excluding diaryl/α,β-unsaturated/α-hetero) is 1. The molecule has 0 saturated carbocycles. The fraction of sp³-hybridized carbons (Fsp3) is 0.462. The van der Waals surface area contributed by atoms with Gasteiger partial charge in [0, 0.05) is 11.4 Å². The third-order valence-corrected chi connectivity index (χ3v) is 2.87. The van der Waals surface area contributed by atoms with E-state index in [-0.39, 0.29) is 17.7 Å². The first-order valence-corrected chi connectivity index (χ1v) is 5.91. The highest BCUT2D eigenvalue weighted by atomic mass is 35.5. The Balaban J connectivity index is 2.49. The lowest BCUT2D eigenvalue weighted by molar-refractivity contribution is -0.121. The van der Waals surface area contributed by atoms with E-state index in [9.17, 15) is 4.79 Å². The van der Waals surface area contributed by atoms with Crippen LogP contribution in [0.5, 0.6) is 0 Å². The molecular formula is C13H18ClNO. The van der Waals surface area contributed by atoms with Gasteiger partial charge in [-0.2, -0.15) is 0 Å². The molecule has 0 spiro atoms. The van der Waals surface area contributed by atoms with Crippen molar-refractivity contribution in [3.05, 3.63) is 34.9 Å². The van der Waals surface area contributed by atoms with E-state index in [1.807, 2.05) is 38.1 Å². The monoisotopic (exact) mass is 239 g/mol. The minimum atomic E-state index is -0.348. The number of aryl methyl sites for hydroxylation is 1. The highest BCUT2D eigenvalue weighted by Gasteiger charge is 2.16. The summed E-state index contributed by atoms with van der Waals surface area (Å²) in [6.07, 6.45) is 1.19. The van der Waals surface area contributed by atoms with Gasteiger partial charge in [-0.1, -0.05) is 37.6 Å². The first-order valence-electron chi connectivity index (χ1n) is 5.53. The second kappa shape index (κ2) is 6.02. The van der Waals surface area contributed by atoms with E-state index in [2.05, 4.69) is 0 Å². The lowest BCUT2D eigenvalue weighted by Gasteiger charge is -2.13. The fourth-order valence-electron chi connectivity index (χ4n) is 1.50. The van der Waals surface area contributed by atoms with Gasteiger partial charge >= 0.3 is 0 Å². The smallest absolute Gasteiger partial charge is 0.150 e. The van der Waals surface area contributed by atoms with Crippen molar-refractivity contribution in [2.45, 2.75) is 32.7 Å². The first-order chi connectivity index (χ1) is 7.50. The summed E-state index contributed by atoms with van der Waals surface area (Å²) in [6, 6.07) is 7.23. The highest BCUT2D eigenvalue weighted by molar-refractivity contribution is 6.30. The Morgan fingerprint density at radius 2 is 2.12 bits per heavy atom. The Morgan fingerprint density at radius 1 is 1.44 bits per heavy atom. The number of hydrogen-bond donors (Lipinski definition) is 1. The molecule has 16 heavy (non-hydrogen) atoms. The molecule has 0 fully saturated rings. The molecule has 0 aliphatic carbocycles. The summed E-state index contributed by atoms with van der Waals surface area (Å²) in [7, 11) is 0. The molecule has 0 heterocycles. The van der Waals surface area contributed by atoms with Crippen LogP contribution in [0.1, 0.15) is 25.8 Å². The van der Waals surface area contributed by atoms with Crippen LogP contribution in [0.25, 0.3) is 0 Å². The zero-order valence-corrected chi connectivity index (χ0v) is 10.5. The van der Waals surface area contributed by atoms with Crippen molar-refractivity contribution in [1.82, 2.24) is 0 Å². The average molecular weight is 240 g/mol. The van der Waals surface area contributed by atoms with Crippen LogP contribution in [-0.4, -0.2) is 11.8 Å². The molecule has 1 atom stereocenters. The number of rotatable bonds is 5. The highest BCUT2D eigenvalue weighted by Crippen LogP contribution is 2.13. The maximum absolute atomic E-state index is 11.7. The van der Waals surface area contributed by atoms with Crippen molar-refractivity contribution in [2.24, 2.45) is 11.7 Å². The fourth-order valence-corrected chi connectivity index (χ4v) is 1.71. The van der Waals surface area contributed by atoms with Gasteiger partial charge in [-0.05, 0) is 30.0 Å². The van der Waals surface area contributed by atoms with Crippen molar-refractivity contribution in [3.8, 4) is 0 Å². The molecule has 0 aliphatic heterocycles. The van der Waals surface area contributed by atoms with E-state index in [0.717, 1.165) is 5.56 Å². The number of hydrogen-bond acceptors (Lipinski definition) is 2.